The smallest absolute Gasteiger partial charge is 0.0484 e. The zero-order valence-electron chi connectivity index (χ0n) is 5.76. The Hall–Kier alpha value is -0.120. The van der Waals surface area contributed by atoms with E-state index >= 15 is 0 Å². The first-order valence-corrected chi connectivity index (χ1v) is 2.84. The van der Waals surface area contributed by atoms with Crippen molar-refractivity contribution in [2.24, 2.45) is 0 Å². The molecule has 3 nitrogen and oxygen atoms in total. The van der Waals surface area contributed by atoms with Crippen LogP contribution in [0.15, 0.2) is 0 Å². The van der Waals surface area contributed by atoms with Crippen LogP contribution in [0.3, 0.4) is 0 Å². The van der Waals surface area contributed by atoms with Gasteiger partial charge in [0, 0.05) is 6.54 Å². The van der Waals surface area contributed by atoms with E-state index in [-0.39, 0.29) is 11.8 Å². The van der Waals surface area contributed by atoms with Crippen LogP contribution in [0.1, 0.15) is 27.2 Å². The largest absolute Gasteiger partial charge is 0.290 e. The molecule has 0 aromatic carbocycles. The summed E-state index contributed by atoms with van der Waals surface area (Å²) in [6.45, 7) is 6.12. The molecule has 3 heteroatoms. The van der Waals surface area contributed by atoms with Gasteiger partial charge in [-0.3, -0.25) is 10.4 Å². The first kappa shape index (κ1) is 10.8. The third-order valence-corrected chi connectivity index (χ3v) is 0.283. The average molecular weight is 121 g/mol. The topological polar surface area (TPSA) is 43.7 Å². The van der Waals surface area contributed by atoms with Gasteiger partial charge < -0.3 is 0 Å². The summed E-state index contributed by atoms with van der Waals surface area (Å²) < 4.78 is 0. The SMILES string of the molecule is CCC.CCN(O)O. The Bertz CT molecular complexity index is 31.6. The molecule has 0 radical (unpaired) electrons. The van der Waals surface area contributed by atoms with Crippen molar-refractivity contribution in [1.29, 1.82) is 0 Å². The molecule has 0 aromatic heterocycles. The average Bonchev–Trinajstić information content (AvgIpc) is 1.69. The van der Waals surface area contributed by atoms with Crippen molar-refractivity contribution in [3.8, 4) is 0 Å². The van der Waals surface area contributed by atoms with Crippen LogP contribution in [0.25, 0.3) is 0 Å². The van der Waals surface area contributed by atoms with Crippen LogP contribution in [-0.4, -0.2) is 22.2 Å². The Labute approximate surface area is 50.5 Å². The van der Waals surface area contributed by atoms with Gasteiger partial charge in [-0.2, -0.15) is 0 Å². The van der Waals surface area contributed by atoms with Gasteiger partial charge in [-0.15, -0.1) is 0 Å². The third-order valence-electron chi connectivity index (χ3n) is 0.283. The van der Waals surface area contributed by atoms with Crippen molar-refractivity contribution >= 4 is 0 Å². The monoisotopic (exact) mass is 121 g/mol. The molecule has 0 aliphatic carbocycles. The van der Waals surface area contributed by atoms with Crippen molar-refractivity contribution in [2.45, 2.75) is 27.2 Å². The van der Waals surface area contributed by atoms with E-state index in [9.17, 15) is 0 Å². The van der Waals surface area contributed by atoms with E-state index in [1.807, 2.05) is 0 Å². The summed E-state index contributed by atoms with van der Waals surface area (Å²) in [5.74, 6) is 0. The van der Waals surface area contributed by atoms with Crippen molar-refractivity contribution < 1.29 is 10.4 Å². The van der Waals surface area contributed by atoms with E-state index in [4.69, 9.17) is 10.4 Å². The maximum Gasteiger partial charge on any atom is 0.0484 e. The third kappa shape index (κ3) is 39.6. The first-order chi connectivity index (χ1) is 3.68. The second kappa shape index (κ2) is 9.99. The van der Waals surface area contributed by atoms with Crippen LogP contribution in [0, 0.1) is 0 Å². The summed E-state index contributed by atoms with van der Waals surface area (Å²) in [4.78, 5) is 0. The summed E-state index contributed by atoms with van der Waals surface area (Å²) in [5, 5.41) is 15.6. The molecule has 0 heterocycles. The van der Waals surface area contributed by atoms with Gasteiger partial charge in [0.1, 0.15) is 0 Å². The molecule has 0 atom stereocenters. The fourth-order valence-corrected chi connectivity index (χ4v) is 0. The number of hydroxylamine groups is 2. The molecule has 0 bridgehead atoms. The quantitative estimate of drug-likeness (QED) is 0.517. The minimum Gasteiger partial charge on any atom is -0.290 e. The predicted molar refractivity (Wildman–Crippen MR) is 31.9 cm³/mol. The normalized spacial score (nSPS) is 8.25. The molecule has 52 valence electrons. The van der Waals surface area contributed by atoms with Gasteiger partial charge in [0.25, 0.3) is 0 Å². The lowest BCUT2D eigenvalue weighted by atomic mass is 10.6. The lowest BCUT2D eigenvalue weighted by molar-refractivity contribution is -0.303. The maximum absolute atomic E-state index is 7.75. The van der Waals surface area contributed by atoms with Crippen molar-refractivity contribution in [3.05, 3.63) is 0 Å². The summed E-state index contributed by atoms with van der Waals surface area (Å²) in [7, 11) is 0. The molecule has 0 unspecified atom stereocenters. The van der Waals surface area contributed by atoms with Crippen molar-refractivity contribution in [1.82, 2.24) is 5.23 Å². The van der Waals surface area contributed by atoms with Crippen LogP contribution in [0.5, 0.6) is 0 Å². The van der Waals surface area contributed by atoms with Gasteiger partial charge in [0.2, 0.25) is 0 Å². The van der Waals surface area contributed by atoms with Gasteiger partial charge in [0.05, 0.1) is 0 Å². The molecule has 0 aliphatic rings. The highest BCUT2D eigenvalue weighted by atomic mass is 16.8. The minimum atomic E-state index is 0.125. The standard InChI is InChI=1S/C3H8.C2H7NO2/c1-3-2;1-2-3(4)5/h3H2,1-2H3;4-5H,2H2,1H3. The maximum atomic E-state index is 7.75. The van der Waals surface area contributed by atoms with Gasteiger partial charge in [-0.25, -0.2) is 0 Å². The van der Waals surface area contributed by atoms with Crippen molar-refractivity contribution in [3.63, 3.8) is 0 Å². The van der Waals surface area contributed by atoms with Crippen LogP contribution >= 0.6 is 0 Å². The van der Waals surface area contributed by atoms with E-state index in [1.165, 1.54) is 6.42 Å². The summed E-state index contributed by atoms with van der Waals surface area (Å²) in [5.41, 5.74) is 0. The highest BCUT2D eigenvalue weighted by Gasteiger charge is 1.76. The molecule has 0 aromatic rings. The number of rotatable bonds is 1. The van der Waals surface area contributed by atoms with Gasteiger partial charge in [0.15, 0.2) is 0 Å². The summed E-state index contributed by atoms with van der Waals surface area (Å²) in [6, 6.07) is 0. The zero-order valence-corrected chi connectivity index (χ0v) is 5.76. The highest BCUT2D eigenvalue weighted by Crippen LogP contribution is 1.62. The minimum absolute atomic E-state index is 0.125. The molecule has 0 spiro atoms. The molecule has 0 saturated carbocycles. The van der Waals surface area contributed by atoms with Gasteiger partial charge in [-0.05, 0) is 6.92 Å². The predicted octanol–water partition coefficient (Wildman–Crippen LogP) is 1.50. The second-order valence-corrected chi connectivity index (χ2v) is 1.40. The number of nitrogens with zero attached hydrogens (tertiary/aromatic N) is 1. The van der Waals surface area contributed by atoms with E-state index in [2.05, 4.69) is 13.8 Å². The Morgan fingerprint density at radius 1 is 1.12 bits per heavy atom. The second-order valence-electron chi connectivity index (χ2n) is 1.40. The lowest BCUT2D eigenvalue weighted by Gasteiger charge is -1.95. The van der Waals surface area contributed by atoms with Crippen LogP contribution in [0.2, 0.25) is 0 Å². The fraction of sp³-hybridized carbons (Fsp3) is 1.00. The summed E-state index contributed by atoms with van der Waals surface area (Å²) in [6.07, 6.45) is 1.25. The van der Waals surface area contributed by atoms with Gasteiger partial charge >= 0.3 is 0 Å². The molecular formula is C5H15NO2. The first-order valence-electron chi connectivity index (χ1n) is 2.84. The number of hydrogen-bond donors (Lipinski definition) is 2. The van der Waals surface area contributed by atoms with Crippen LogP contribution in [0.4, 0.5) is 0 Å². The molecule has 0 rings (SSSR count). The molecule has 0 saturated heterocycles. The lowest BCUT2D eigenvalue weighted by Crippen LogP contribution is -2.10. The highest BCUT2D eigenvalue weighted by molar-refractivity contribution is 4.04. The Balaban J connectivity index is 0. The van der Waals surface area contributed by atoms with Crippen LogP contribution < -0.4 is 0 Å². The summed E-state index contributed by atoms with van der Waals surface area (Å²) >= 11 is 0. The molecule has 2 N–H and O–H groups in total. The van der Waals surface area contributed by atoms with E-state index in [0.29, 0.717) is 0 Å². The van der Waals surface area contributed by atoms with Gasteiger partial charge in [-0.1, -0.05) is 25.5 Å². The molecular weight excluding hydrogens is 106 g/mol. The molecule has 8 heavy (non-hydrogen) atoms. The molecule has 0 amide bonds. The Morgan fingerprint density at radius 3 is 1.25 bits per heavy atom. The Kier molecular flexibility index (Phi) is 13.5. The van der Waals surface area contributed by atoms with E-state index in [0.717, 1.165) is 0 Å². The number of hydrogen-bond acceptors (Lipinski definition) is 3. The van der Waals surface area contributed by atoms with Crippen molar-refractivity contribution in [2.75, 3.05) is 6.54 Å². The molecule has 0 fully saturated rings. The zero-order chi connectivity index (χ0) is 6.99. The fourth-order valence-electron chi connectivity index (χ4n) is 0. The van der Waals surface area contributed by atoms with E-state index < -0.39 is 0 Å². The van der Waals surface area contributed by atoms with Crippen LogP contribution in [-0.2, 0) is 0 Å². The molecule has 0 aliphatic heterocycles. The van der Waals surface area contributed by atoms with E-state index in [1.54, 1.807) is 6.92 Å². The Morgan fingerprint density at radius 2 is 1.25 bits per heavy atom.